The molecule has 2 aliphatic carbocycles. The van der Waals surface area contributed by atoms with Crippen LogP contribution in [0, 0.1) is 0 Å². The molecule has 3 aliphatic rings. The molecule has 2 heteroatoms. The fraction of sp³-hybridized carbons (Fsp3) is 0.929. The normalized spacial score (nSPS) is 36.1. The molecule has 90 valence electrons. The van der Waals surface area contributed by atoms with Gasteiger partial charge in [-0.1, -0.05) is 32.1 Å². The van der Waals surface area contributed by atoms with Crippen LogP contribution < -0.4 is 0 Å². The summed E-state index contributed by atoms with van der Waals surface area (Å²) in [7, 11) is 0. The van der Waals surface area contributed by atoms with Gasteiger partial charge in [0.05, 0.1) is 17.9 Å². The smallest absolute Gasteiger partial charge is 0.0967 e. The van der Waals surface area contributed by atoms with Crippen molar-refractivity contribution in [2.24, 2.45) is 4.99 Å². The SMILES string of the molecule is CC1=NC2CCCCC2N1C1CCCCC1. The van der Waals surface area contributed by atoms with Crippen LogP contribution in [0.2, 0.25) is 0 Å². The van der Waals surface area contributed by atoms with Crippen molar-refractivity contribution >= 4 is 5.84 Å². The predicted molar refractivity (Wildman–Crippen MR) is 67.9 cm³/mol. The van der Waals surface area contributed by atoms with Crippen LogP contribution >= 0.6 is 0 Å². The van der Waals surface area contributed by atoms with E-state index in [2.05, 4.69) is 11.8 Å². The molecule has 0 radical (unpaired) electrons. The Hall–Kier alpha value is -0.530. The van der Waals surface area contributed by atoms with Crippen LogP contribution in [0.25, 0.3) is 0 Å². The van der Waals surface area contributed by atoms with Crippen molar-refractivity contribution in [1.29, 1.82) is 0 Å². The molecule has 16 heavy (non-hydrogen) atoms. The second kappa shape index (κ2) is 4.38. The van der Waals surface area contributed by atoms with E-state index in [1.807, 2.05) is 0 Å². The second-order valence-corrected chi connectivity index (χ2v) is 5.79. The van der Waals surface area contributed by atoms with Crippen molar-refractivity contribution in [1.82, 2.24) is 4.90 Å². The summed E-state index contributed by atoms with van der Waals surface area (Å²) in [6.07, 6.45) is 12.7. The van der Waals surface area contributed by atoms with E-state index < -0.39 is 0 Å². The summed E-state index contributed by atoms with van der Waals surface area (Å²) < 4.78 is 0. The third-order valence-electron chi connectivity index (χ3n) is 4.75. The first-order valence-corrected chi connectivity index (χ1v) is 7.19. The number of hydrogen-bond acceptors (Lipinski definition) is 2. The standard InChI is InChI=1S/C14H24N2/c1-11-15-13-9-5-6-10-14(13)16(11)12-7-3-2-4-8-12/h12-14H,2-10H2,1H3. The molecule has 0 N–H and O–H groups in total. The maximum absolute atomic E-state index is 4.91. The lowest BCUT2D eigenvalue weighted by Gasteiger charge is -2.40. The number of hydrogen-bond donors (Lipinski definition) is 0. The fourth-order valence-electron chi connectivity index (χ4n) is 4.01. The van der Waals surface area contributed by atoms with Gasteiger partial charge in [-0.05, 0) is 32.6 Å². The maximum atomic E-state index is 4.91. The highest BCUT2D eigenvalue weighted by molar-refractivity contribution is 5.82. The summed E-state index contributed by atoms with van der Waals surface area (Å²) >= 11 is 0. The highest BCUT2D eigenvalue weighted by Gasteiger charge is 2.39. The van der Waals surface area contributed by atoms with Crippen LogP contribution in [0.3, 0.4) is 0 Å². The van der Waals surface area contributed by atoms with Crippen molar-refractivity contribution in [3.63, 3.8) is 0 Å². The topological polar surface area (TPSA) is 15.6 Å². The summed E-state index contributed by atoms with van der Waals surface area (Å²) in [5.41, 5.74) is 0. The largest absolute Gasteiger partial charge is 0.352 e. The first-order chi connectivity index (χ1) is 7.86. The van der Waals surface area contributed by atoms with Crippen LogP contribution in [0.4, 0.5) is 0 Å². The summed E-state index contributed by atoms with van der Waals surface area (Å²) in [4.78, 5) is 7.62. The summed E-state index contributed by atoms with van der Waals surface area (Å²) in [6.45, 7) is 2.24. The third kappa shape index (κ3) is 1.76. The van der Waals surface area contributed by atoms with E-state index in [0.717, 1.165) is 12.1 Å². The molecule has 0 spiro atoms. The number of nitrogens with zero attached hydrogens (tertiary/aromatic N) is 2. The lowest BCUT2D eigenvalue weighted by Crippen LogP contribution is -2.47. The highest BCUT2D eigenvalue weighted by Crippen LogP contribution is 2.35. The van der Waals surface area contributed by atoms with Crippen LogP contribution in [0.5, 0.6) is 0 Å². The van der Waals surface area contributed by atoms with Crippen LogP contribution in [-0.2, 0) is 0 Å². The van der Waals surface area contributed by atoms with Crippen molar-refractivity contribution in [2.45, 2.75) is 82.8 Å². The lowest BCUT2D eigenvalue weighted by atomic mass is 9.87. The molecular weight excluding hydrogens is 196 g/mol. The minimum Gasteiger partial charge on any atom is -0.352 e. The molecule has 0 bridgehead atoms. The van der Waals surface area contributed by atoms with E-state index in [9.17, 15) is 0 Å². The van der Waals surface area contributed by atoms with Crippen molar-refractivity contribution in [3.8, 4) is 0 Å². The van der Waals surface area contributed by atoms with Crippen LogP contribution in [-0.4, -0.2) is 28.9 Å². The van der Waals surface area contributed by atoms with Gasteiger partial charge in [0.2, 0.25) is 0 Å². The van der Waals surface area contributed by atoms with Gasteiger partial charge < -0.3 is 4.90 Å². The molecule has 0 aromatic carbocycles. The molecule has 0 saturated heterocycles. The molecule has 0 aromatic rings. The average molecular weight is 220 g/mol. The number of aliphatic imine (C=N–C) groups is 1. The van der Waals surface area contributed by atoms with Gasteiger partial charge in [-0.15, -0.1) is 0 Å². The van der Waals surface area contributed by atoms with Gasteiger partial charge in [0, 0.05) is 6.04 Å². The Morgan fingerprint density at radius 1 is 0.938 bits per heavy atom. The molecule has 2 nitrogen and oxygen atoms in total. The fourth-order valence-corrected chi connectivity index (χ4v) is 4.01. The molecule has 3 rings (SSSR count). The Kier molecular flexibility index (Phi) is 2.91. The molecule has 0 amide bonds. The van der Waals surface area contributed by atoms with Crippen molar-refractivity contribution < 1.29 is 0 Å². The quantitative estimate of drug-likeness (QED) is 0.661. The first kappa shape index (κ1) is 10.6. The van der Waals surface area contributed by atoms with Gasteiger partial charge in [-0.3, -0.25) is 4.99 Å². The number of fused-ring (bicyclic) bond motifs is 1. The van der Waals surface area contributed by atoms with Gasteiger partial charge in [0.25, 0.3) is 0 Å². The number of amidine groups is 1. The third-order valence-corrected chi connectivity index (χ3v) is 4.75. The van der Waals surface area contributed by atoms with Crippen LogP contribution in [0.15, 0.2) is 4.99 Å². The summed E-state index contributed by atoms with van der Waals surface area (Å²) in [5, 5.41) is 0. The average Bonchev–Trinajstić information content (AvgIpc) is 2.66. The van der Waals surface area contributed by atoms with Crippen molar-refractivity contribution in [3.05, 3.63) is 0 Å². The van der Waals surface area contributed by atoms with Crippen LogP contribution in [0.1, 0.15) is 64.7 Å². The van der Waals surface area contributed by atoms with E-state index in [0.29, 0.717) is 6.04 Å². The van der Waals surface area contributed by atoms with Gasteiger partial charge in [-0.25, -0.2) is 0 Å². The molecule has 1 heterocycles. The molecule has 2 saturated carbocycles. The Bertz CT molecular complexity index is 278. The monoisotopic (exact) mass is 220 g/mol. The Labute approximate surface area is 99.1 Å². The Morgan fingerprint density at radius 2 is 1.62 bits per heavy atom. The maximum Gasteiger partial charge on any atom is 0.0967 e. The van der Waals surface area contributed by atoms with E-state index in [4.69, 9.17) is 4.99 Å². The second-order valence-electron chi connectivity index (χ2n) is 5.79. The van der Waals surface area contributed by atoms with E-state index >= 15 is 0 Å². The zero-order chi connectivity index (χ0) is 11.0. The minimum absolute atomic E-state index is 0.649. The molecule has 2 fully saturated rings. The summed E-state index contributed by atoms with van der Waals surface area (Å²) in [6, 6.07) is 2.25. The van der Waals surface area contributed by atoms with Gasteiger partial charge in [0.1, 0.15) is 0 Å². The molecule has 2 atom stereocenters. The molecular formula is C14H24N2. The summed E-state index contributed by atoms with van der Waals surface area (Å²) in [5.74, 6) is 1.35. The molecule has 2 unspecified atom stereocenters. The van der Waals surface area contributed by atoms with Gasteiger partial charge in [0.15, 0.2) is 0 Å². The lowest BCUT2D eigenvalue weighted by molar-refractivity contribution is 0.163. The highest BCUT2D eigenvalue weighted by atomic mass is 15.3. The Balaban J connectivity index is 1.75. The zero-order valence-corrected chi connectivity index (χ0v) is 10.5. The van der Waals surface area contributed by atoms with Gasteiger partial charge >= 0.3 is 0 Å². The van der Waals surface area contributed by atoms with E-state index in [1.54, 1.807) is 0 Å². The Morgan fingerprint density at radius 3 is 2.44 bits per heavy atom. The van der Waals surface area contributed by atoms with E-state index in [-0.39, 0.29) is 0 Å². The van der Waals surface area contributed by atoms with E-state index in [1.165, 1.54) is 63.6 Å². The first-order valence-electron chi connectivity index (χ1n) is 7.19. The number of rotatable bonds is 1. The van der Waals surface area contributed by atoms with Gasteiger partial charge in [-0.2, -0.15) is 0 Å². The minimum atomic E-state index is 0.649. The predicted octanol–water partition coefficient (Wildman–Crippen LogP) is 3.36. The zero-order valence-electron chi connectivity index (χ0n) is 10.5. The van der Waals surface area contributed by atoms with Crippen molar-refractivity contribution in [2.75, 3.05) is 0 Å². The molecule has 0 aromatic heterocycles. The molecule has 1 aliphatic heterocycles.